The average molecular weight is 369 g/mol. The van der Waals surface area contributed by atoms with Gasteiger partial charge in [0.05, 0.1) is 19.3 Å². The SMILES string of the molecule is CCOC(=O)c1c(C)n(CCN(CC)CC)c2ccc(OC)cc12.Cl. The molecule has 1 aromatic carbocycles. The van der Waals surface area contributed by atoms with Crippen molar-refractivity contribution in [2.24, 2.45) is 0 Å². The number of ether oxygens (including phenoxy) is 2. The molecule has 0 N–H and O–H groups in total. The topological polar surface area (TPSA) is 43.7 Å². The number of benzene rings is 1. The van der Waals surface area contributed by atoms with E-state index in [9.17, 15) is 4.79 Å². The van der Waals surface area contributed by atoms with Crippen molar-refractivity contribution in [3.8, 4) is 5.75 Å². The number of carbonyl (C=O) groups excluding carboxylic acids is 1. The van der Waals surface area contributed by atoms with E-state index in [1.807, 2.05) is 32.0 Å². The minimum absolute atomic E-state index is 0. The normalized spacial score (nSPS) is 10.8. The molecule has 0 saturated heterocycles. The first-order valence-corrected chi connectivity index (χ1v) is 8.63. The van der Waals surface area contributed by atoms with Crippen LogP contribution >= 0.6 is 12.4 Å². The fourth-order valence-corrected chi connectivity index (χ4v) is 3.12. The van der Waals surface area contributed by atoms with Crippen LogP contribution in [0.3, 0.4) is 0 Å². The first kappa shape index (κ1) is 21.3. The fraction of sp³-hybridized carbons (Fsp3) is 0.526. The Morgan fingerprint density at radius 3 is 2.44 bits per heavy atom. The van der Waals surface area contributed by atoms with E-state index in [4.69, 9.17) is 9.47 Å². The molecule has 1 heterocycles. The highest BCUT2D eigenvalue weighted by molar-refractivity contribution is 6.06. The van der Waals surface area contributed by atoms with Gasteiger partial charge in [0.1, 0.15) is 5.75 Å². The molecule has 0 aliphatic carbocycles. The Morgan fingerprint density at radius 1 is 1.20 bits per heavy atom. The third kappa shape index (κ3) is 4.47. The van der Waals surface area contributed by atoms with Crippen LogP contribution in [0.2, 0.25) is 0 Å². The largest absolute Gasteiger partial charge is 0.497 e. The van der Waals surface area contributed by atoms with Gasteiger partial charge in [0.15, 0.2) is 0 Å². The van der Waals surface area contributed by atoms with E-state index < -0.39 is 0 Å². The minimum atomic E-state index is -0.269. The van der Waals surface area contributed by atoms with Crippen molar-refractivity contribution < 1.29 is 14.3 Å². The summed E-state index contributed by atoms with van der Waals surface area (Å²) in [5.74, 6) is 0.476. The molecule has 5 nitrogen and oxygen atoms in total. The maximum Gasteiger partial charge on any atom is 0.340 e. The molecule has 0 aliphatic heterocycles. The van der Waals surface area contributed by atoms with E-state index in [0.29, 0.717) is 12.2 Å². The number of methoxy groups -OCH3 is 1. The molecule has 1 aromatic heterocycles. The summed E-state index contributed by atoms with van der Waals surface area (Å²) in [6.45, 7) is 12.4. The van der Waals surface area contributed by atoms with Crippen LogP contribution in [0.15, 0.2) is 18.2 Å². The number of fused-ring (bicyclic) bond motifs is 1. The lowest BCUT2D eigenvalue weighted by Crippen LogP contribution is -2.27. The van der Waals surface area contributed by atoms with Crippen LogP contribution in [-0.2, 0) is 11.3 Å². The Balaban J connectivity index is 0.00000312. The van der Waals surface area contributed by atoms with Crippen molar-refractivity contribution in [1.82, 2.24) is 9.47 Å². The molecule has 0 spiro atoms. The van der Waals surface area contributed by atoms with Gasteiger partial charge in [0.2, 0.25) is 0 Å². The Kier molecular flexibility index (Phi) is 8.26. The van der Waals surface area contributed by atoms with E-state index in [1.165, 1.54) is 0 Å². The Labute approximate surface area is 156 Å². The van der Waals surface area contributed by atoms with Crippen LogP contribution in [0.4, 0.5) is 0 Å². The number of hydrogen-bond donors (Lipinski definition) is 0. The highest BCUT2D eigenvalue weighted by Gasteiger charge is 2.21. The van der Waals surface area contributed by atoms with Gasteiger partial charge in [0.25, 0.3) is 0 Å². The monoisotopic (exact) mass is 368 g/mol. The van der Waals surface area contributed by atoms with Crippen LogP contribution < -0.4 is 4.74 Å². The van der Waals surface area contributed by atoms with Crippen LogP contribution in [0.1, 0.15) is 36.8 Å². The van der Waals surface area contributed by atoms with Gasteiger partial charge >= 0.3 is 5.97 Å². The number of nitrogens with zero attached hydrogens (tertiary/aromatic N) is 2. The van der Waals surface area contributed by atoms with Crippen LogP contribution in [0.5, 0.6) is 5.75 Å². The fourth-order valence-electron chi connectivity index (χ4n) is 3.12. The van der Waals surface area contributed by atoms with Crippen molar-refractivity contribution >= 4 is 29.3 Å². The van der Waals surface area contributed by atoms with Gasteiger partial charge in [-0.25, -0.2) is 4.79 Å². The van der Waals surface area contributed by atoms with Crippen molar-refractivity contribution in [2.45, 2.75) is 34.2 Å². The molecule has 140 valence electrons. The number of esters is 1. The Bertz CT molecular complexity index is 708. The quantitative estimate of drug-likeness (QED) is 0.663. The lowest BCUT2D eigenvalue weighted by atomic mass is 10.1. The zero-order valence-electron chi connectivity index (χ0n) is 15.8. The summed E-state index contributed by atoms with van der Waals surface area (Å²) in [7, 11) is 1.63. The molecule has 0 saturated carbocycles. The first-order valence-electron chi connectivity index (χ1n) is 8.63. The zero-order chi connectivity index (χ0) is 17.7. The van der Waals surface area contributed by atoms with Crippen LogP contribution in [0, 0.1) is 6.92 Å². The first-order chi connectivity index (χ1) is 11.6. The lowest BCUT2D eigenvalue weighted by molar-refractivity contribution is 0.0527. The molecule has 0 radical (unpaired) electrons. The average Bonchev–Trinajstić information content (AvgIpc) is 2.87. The van der Waals surface area contributed by atoms with Gasteiger partial charge in [-0.1, -0.05) is 13.8 Å². The molecular formula is C19H29ClN2O3. The molecule has 25 heavy (non-hydrogen) atoms. The Morgan fingerprint density at radius 2 is 1.88 bits per heavy atom. The summed E-state index contributed by atoms with van der Waals surface area (Å²) in [5, 5.41) is 0.893. The summed E-state index contributed by atoms with van der Waals surface area (Å²) in [4.78, 5) is 14.8. The van der Waals surface area contributed by atoms with Crippen molar-refractivity contribution in [3.05, 3.63) is 29.5 Å². The second kappa shape index (κ2) is 9.68. The van der Waals surface area contributed by atoms with Crippen molar-refractivity contribution in [3.63, 3.8) is 0 Å². The zero-order valence-corrected chi connectivity index (χ0v) is 16.6. The third-order valence-corrected chi connectivity index (χ3v) is 4.54. The molecule has 2 aromatic rings. The van der Waals surface area contributed by atoms with E-state index >= 15 is 0 Å². The number of aromatic nitrogens is 1. The van der Waals surface area contributed by atoms with E-state index in [1.54, 1.807) is 7.11 Å². The second-order valence-corrected chi connectivity index (χ2v) is 5.74. The maximum atomic E-state index is 12.5. The minimum Gasteiger partial charge on any atom is -0.497 e. The van der Waals surface area contributed by atoms with Gasteiger partial charge in [-0.15, -0.1) is 12.4 Å². The number of likely N-dealkylation sites (N-methyl/N-ethyl adjacent to an activating group) is 1. The molecule has 2 rings (SSSR count). The van der Waals surface area contributed by atoms with Gasteiger partial charge in [-0.05, 0) is 45.1 Å². The highest BCUT2D eigenvalue weighted by Crippen LogP contribution is 2.30. The van der Waals surface area contributed by atoms with E-state index in [0.717, 1.165) is 48.5 Å². The van der Waals surface area contributed by atoms with E-state index in [-0.39, 0.29) is 18.4 Å². The number of hydrogen-bond acceptors (Lipinski definition) is 4. The van der Waals surface area contributed by atoms with E-state index in [2.05, 4.69) is 23.3 Å². The second-order valence-electron chi connectivity index (χ2n) is 5.74. The number of rotatable bonds is 8. The standard InChI is InChI=1S/C19H28N2O3.ClH/c1-6-20(7-2)11-12-21-14(4)18(19(22)24-8-3)16-13-15(23-5)9-10-17(16)21;/h9-10,13H,6-8,11-12H2,1-5H3;1H. The highest BCUT2D eigenvalue weighted by atomic mass is 35.5. The molecule has 0 atom stereocenters. The molecule has 0 fully saturated rings. The van der Waals surface area contributed by atoms with Crippen molar-refractivity contribution in [2.75, 3.05) is 33.4 Å². The molecule has 0 bridgehead atoms. The summed E-state index contributed by atoms with van der Waals surface area (Å²) in [6.07, 6.45) is 0. The smallest absolute Gasteiger partial charge is 0.340 e. The molecular weight excluding hydrogens is 340 g/mol. The van der Waals surface area contributed by atoms with Gasteiger partial charge in [-0.2, -0.15) is 0 Å². The summed E-state index contributed by atoms with van der Waals surface area (Å²) in [5.41, 5.74) is 2.64. The Hall–Kier alpha value is -1.72. The molecule has 0 aliphatic rings. The number of halogens is 1. The predicted octanol–water partition coefficient (Wildman–Crippen LogP) is 3.90. The van der Waals surface area contributed by atoms with Crippen LogP contribution in [0.25, 0.3) is 10.9 Å². The lowest BCUT2D eigenvalue weighted by Gasteiger charge is -2.19. The van der Waals surface area contributed by atoms with Gasteiger partial charge < -0.3 is 18.9 Å². The van der Waals surface area contributed by atoms with Crippen LogP contribution in [-0.4, -0.2) is 48.8 Å². The predicted molar refractivity (Wildman–Crippen MR) is 104 cm³/mol. The molecule has 0 unspecified atom stereocenters. The summed E-state index contributed by atoms with van der Waals surface area (Å²) in [6, 6.07) is 5.87. The third-order valence-electron chi connectivity index (χ3n) is 4.54. The summed E-state index contributed by atoms with van der Waals surface area (Å²) >= 11 is 0. The number of carbonyl (C=O) groups is 1. The summed E-state index contributed by atoms with van der Waals surface area (Å²) < 4.78 is 12.8. The molecule has 6 heteroatoms. The maximum absolute atomic E-state index is 12.5. The van der Waals surface area contributed by atoms with Crippen molar-refractivity contribution in [1.29, 1.82) is 0 Å². The van der Waals surface area contributed by atoms with Gasteiger partial charge in [0, 0.05) is 29.7 Å². The molecule has 0 amide bonds. The van der Waals surface area contributed by atoms with Gasteiger partial charge in [-0.3, -0.25) is 0 Å².